The first-order chi connectivity index (χ1) is 3.39. The third-order valence-corrected chi connectivity index (χ3v) is 33.1. The first kappa shape index (κ1) is 5.92. The molecule has 0 amide bonds. The van der Waals surface area contributed by atoms with Gasteiger partial charge < -0.3 is 9.22 Å². The van der Waals surface area contributed by atoms with Crippen molar-refractivity contribution in [1.82, 2.24) is 0 Å². The van der Waals surface area contributed by atoms with Gasteiger partial charge in [-0.2, -0.15) is 0 Å². The zero-order valence-electron chi connectivity index (χ0n) is 4.26. The van der Waals surface area contributed by atoms with Gasteiger partial charge in [0.05, 0.1) is 0 Å². The highest BCUT2D eigenvalue weighted by Crippen LogP contribution is 1.81. The summed E-state index contributed by atoms with van der Waals surface area (Å²) >= 11 is 0. The van der Waals surface area contributed by atoms with E-state index < -0.39 is 8.56 Å². The molecule has 1 atom stereocenters. The van der Waals surface area contributed by atoms with Crippen LogP contribution >= 0.6 is 0 Å². The van der Waals surface area contributed by atoms with E-state index in [0.29, 0.717) is 8.55 Å². The van der Waals surface area contributed by atoms with Gasteiger partial charge in [-0.25, -0.2) is 0 Å². The molecule has 0 aliphatic carbocycles. The lowest BCUT2D eigenvalue weighted by molar-refractivity contribution is 0.392. The second-order valence-electron chi connectivity index (χ2n) is 1.87. The van der Waals surface area contributed by atoms with Gasteiger partial charge in [0.25, 0.3) is 0 Å². The quantitative estimate of drug-likeness (QED) is 0.372. The van der Waals surface area contributed by atoms with E-state index in [1.807, 2.05) is 0 Å². The van der Waals surface area contributed by atoms with Crippen molar-refractivity contribution in [2.24, 2.45) is 0 Å². The molecule has 1 N–H and O–H groups in total. The molecule has 0 saturated carbocycles. The average molecular weight is 166 g/mol. The van der Waals surface area contributed by atoms with E-state index in [0.717, 1.165) is 6.23 Å². The molecule has 0 aromatic rings. The van der Waals surface area contributed by atoms with Gasteiger partial charge in [0.15, 0.2) is 8.56 Å². The van der Waals surface area contributed by atoms with Crippen LogP contribution in [0.25, 0.3) is 0 Å². The Morgan fingerprint density at radius 3 is 2.86 bits per heavy atom. The van der Waals surface area contributed by atoms with Crippen LogP contribution in [0.3, 0.4) is 0 Å². The van der Waals surface area contributed by atoms with Gasteiger partial charge in [-0.15, -0.1) is 0 Å². The second kappa shape index (κ2) is 2.94. The van der Waals surface area contributed by atoms with E-state index in [2.05, 4.69) is 0 Å². The third-order valence-electron chi connectivity index (χ3n) is 1.14. The lowest BCUT2D eigenvalue weighted by atomic mass is 11.7. The van der Waals surface area contributed by atoms with E-state index in [9.17, 15) is 0 Å². The van der Waals surface area contributed by atoms with E-state index in [-0.39, 0.29) is 17.8 Å². The molecule has 6 heteroatoms. The van der Waals surface area contributed by atoms with E-state index in [4.69, 9.17) is 9.22 Å². The molecule has 1 heterocycles. The summed E-state index contributed by atoms with van der Waals surface area (Å²) in [5.41, 5.74) is 0. The fourth-order valence-electron chi connectivity index (χ4n) is 0.724. The third kappa shape index (κ3) is 2.01. The van der Waals surface area contributed by atoms with Crippen molar-refractivity contribution in [3.05, 3.63) is 0 Å². The van der Waals surface area contributed by atoms with Crippen molar-refractivity contribution < 1.29 is 9.22 Å². The van der Waals surface area contributed by atoms with Crippen LogP contribution in [0.15, 0.2) is 0 Å². The van der Waals surface area contributed by atoms with Crippen molar-refractivity contribution in [1.29, 1.82) is 0 Å². The zero-order valence-corrected chi connectivity index (χ0v) is 9.66. The summed E-state index contributed by atoms with van der Waals surface area (Å²) in [4.78, 5) is 9.04. The number of hydrogen-bond donors (Lipinski definition) is 1. The molecule has 1 unspecified atom stereocenters. The first-order valence-electron chi connectivity index (χ1n) is 2.65. The van der Waals surface area contributed by atoms with Gasteiger partial charge in [0, 0.05) is 23.3 Å². The number of hydrogen-bond acceptors (Lipinski definition) is 2. The van der Waals surface area contributed by atoms with Gasteiger partial charge in [-0.3, -0.25) is 0 Å². The normalized spacial score (nSPS) is 43.3. The minimum atomic E-state index is -1.08. The summed E-state index contributed by atoms with van der Waals surface area (Å²) in [6.07, 6.45) is 0.839. The van der Waals surface area contributed by atoms with E-state index in [1.54, 1.807) is 0 Å². The van der Waals surface area contributed by atoms with Crippen molar-refractivity contribution >= 4 is 34.9 Å². The van der Waals surface area contributed by atoms with Crippen LogP contribution in [0.5, 0.6) is 0 Å². The molecule has 1 saturated heterocycles. The van der Waals surface area contributed by atoms with Crippen LogP contribution in [0, 0.1) is 0 Å². The van der Waals surface area contributed by atoms with Gasteiger partial charge in [0.2, 0.25) is 0 Å². The summed E-state index contributed by atoms with van der Waals surface area (Å²) < 4.78 is 5.23. The number of rotatable bonds is 0. The minimum absolute atomic E-state index is 0.0520. The lowest BCUT2D eigenvalue weighted by Crippen LogP contribution is -2.42. The van der Waals surface area contributed by atoms with Crippen LogP contribution < -0.4 is 0 Å². The van der Waals surface area contributed by atoms with Crippen LogP contribution in [0.2, 0.25) is 0 Å². The van der Waals surface area contributed by atoms with Crippen molar-refractivity contribution in [3.8, 4) is 0 Å². The van der Waals surface area contributed by atoms with Gasteiger partial charge in [-0.1, -0.05) is 0 Å². The maximum atomic E-state index is 9.04. The summed E-state index contributed by atoms with van der Waals surface area (Å²) in [5, 5.41) is 0. The Hall–Kier alpha value is 0.788. The van der Waals surface area contributed by atoms with Crippen LogP contribution in [-0.4, -0.2) is 46.0 Å². The fraction of sp³-hybridized carbons (Fsp3) is 1.00. The van der Waals surface area contributed by atoms with Crippen LogP contribution in [-0.2, 0) is 4.43 Å². The molecule has 0 spiro atoms. The van der Waals surface area contributed by atoms with Gasteiger partial charge >= 0.3 is 0 Å². The fourth-order valence-corrected chi connectivity index (χ4v) is 35.8. The smallest absolute Gasteiger partial charge is 0.173 e. The Bertz CT molecular complexity index is 51.7. The Kier molecular flexibility index (Phi) is 2.49. The highest BCUT2D eigenvalue weighted by atomic mass is 29.7. The average Bonchev–Trinajstić information content (AvgIpc) is 1.69. The standard InChI is InChI=1S/CH10O2Si4/c2-7-1-3-4-5-6-7/h2,7H,1,4-6H2. The summed E-state index contributed by atoms with van der Waals surface area (Å²) in [5.74, 6) is 0. The van der Waals surface area contributed by atoms with Crippen molar-refractivity contribution in [2.45, 2.75) is 0 Å². The lowest BCUT2D eigenvalue weighted by Gasteiger charge is -2.12. The van der Waals surface area contributed by atoms with Gasteiger partial charge in [0.1, 0.15) is 9.28 Å². The molecule has 1 rings (SSSR count). The molecule has 42 valence electrons. The predicted octanol–water partition coefficient (Wildman–Crippen LogP) is -3.98. The van der Waals surface area contributed by atoms with Crippen molar-refractivity contribution in [2.75, 3.05) is 6.23 Å². The monoisotopic (exact) mass is 166 g/mol. The zero-order chi connectivity index (χ0) is 5.11. The topological polar surface area (TPSA) is 29.5 Å². The van der Waals surface area contributed by atoms with Crippen LogP contribution in [0.4, 0.5) is 0 Å². The van der Waals surface area contributed by atoms with E-state index >= 15 is 0 Å². The maximum Gasteiger partial charge on any atom is 0.173 e. The molecular weight excluding hydrogens is 156 g/mol. The molecule has 2 nitrogen and oxygen atoms in total. The second-order valence-corrected chi connectivity index (χ2v) is 25.1. The van der Waals surface area contributed by atoms with Crippen molar-refractivity contribution in [3.63, 3.8) is 0 Å². The van der Waals surface area contributed by atoms with Crippen LogP contribution in [0.1, 0.15) is 0 Å². The first-order valence-corrected chi connectivity index (χ1v) is 15.8. The highest BCUT2D eigenvalue weighted by Gasteiger charge is 2.12. The Balaban J connectivity index is 2.12. The highest BCUT2D eigenvalue weighted by molar-refractivity contribution is 7.47. The largest absolute Gasteiger partial charge is 0.436 e. The summed E-state index contributed by atoms with van der Waals surface area (Å²) in [7, 11) is -0.498. The Morgan fingerprint density at radius 2 is 2.57 bits per heavy atom. The molecule has 0 aromatic carbocycles. The maximum absolute atomic E-state index is 9.04. The van der Waals surface area contributed by atoms with Gasteiger partial charge in [-0.05, 0) is 0 Å². The molecule has 1 aliphatic heterocycles. The minimum Gasteiger partial charge on any atom is -0.436 e. The molecular formula is CH10O2Si4. The predicted molar refractivity (Wildman–Crippen MR) is 41.0 cm³/mol. The molecule has 1 fully saturated rings. The van der Waals surface area contributed by atoms with E-state index in [1.165, 1.54) is 0 Å². The molecule has 0 aromatic heterocycles. The molecule has 0 radical (unpaired) electrons. The SMILES string of the molecule is O[SiH]1CO[SiH2][SiH2][SiH2]1. The molecule has 7 heavy (non-hydrogen) atoms. The Morgan fingerprint density at radius 1 is 1.71 bits per heavy atom. The molecule has 1 aliphatic rings. The summed E-state index contributed by atoms with van der Waals surface area (Å²) in [6, 6.07) is 0. The Labute approximate surface area is 51.0 Å². The summed E-state index contributed by atoms with van der Waals surface area (Å²) in [6.45, 7) is 0. The molecule has 0 bridgehead atoms.